The smallest absolute Gasteiger partial charge is 0.224 e. The molecule has 114 valence electrons. The Morgan fingerprint density at radius 1 is 1.25 bits per heavy atom. The van der Waals surface area contributed by atoms with Crippen molar-refractivity contribution < 1.29 is 19.4 Å². The molecule has 1 saturated heterocycles. The van der Waals surface area contributed by atoms with Gasteiger partial charge in [0.15, 0.2) is 0 Å². The van der Waals surface area contributed by atoms with Crippen molar-refractivity contribution in [2.45, 2.75) is 50.4 Å². The Balaban J connectivity index is 1.83. The van der Waals surface area contributed by atoms with Crippen LogP contribution in [0.15, 0.2) is 0 Å². The number of hydrogen-bond acceptors (Lipinski definition) is 4. The summed E-state index contributed by atoms with van der Waals surface area (Å²) in [5.41, 5.74) is 0. The van der Waals surface area contributed by atoms with Gasteiger partial charge in [-0.05, 0) is 25.7 Å². The monoisotopic (exact) mass is 284 g/mol. The quantitative estimate of drug-likeness (QED) is 0.739. The summed E-state index contributed by atoms with van der Waals surface area (Å²) in [7, 11) is 3.43. The first-order valence-electron chi connectivity index (χ1n) is 7.28. The Hall–Kier alpha value is -1.14. The summed E-state index contributed by atoms with van der Waals surface area (Å²) in [6.45, 7) is -0.137. The van der Waals surface area contributed by atoms with Gasteiger partial charge in [-0.15, -0.1) is 0 Å². The van der Waals surface area contributed by atoms with Crippen LogP contribution in [0.5, 0.6) is 0 Å². The maximum atomic E-state index is 11.8. The number of amides is 2. The van der Waals surface area contributed by atoms with Crippen LogP contribution in [0, 0.1) is 5.92 Å². The van der Waals surface area contributed by atoms with Gasteiger partial charge in [-0.25, -0.2) is 0 Å². The number of nitrogens with one attached hydrogen (secondary N) is 1. The van der Waals surface area contributed by atoms with Crippen LogP contribution in [0.4, 0.5) is 0 Å². The van der Waals surface area contributed by atoms with E-state index in [-0.39, 0.29) is 36.5 Å². The van der Waals surface area contributed by atoms with Gasteiger partial charge in [0.25, 0.3) is 0 Å². The van der Waals surface area contributed by atoms with E-state index in [1.165, 1.54) is 4.90 Å². The summed E-state index contributed by atoms with van der Waals surface area (Å²) in [5, 5.41) is 12.4. The molecule has 0 aromatic heterocycles. The lowest BCUT2D eigenvalue weighted by molar-refractivity contribution is -0.141. The highest BCUT2D eigenvalue weighted by Gasteiger charge is 2.36. The van der Waals surface area contributed by atoms with E-state index in [1.807, 2.05) is 0 Å². The van der Waals surface area contributed by atoms with E-state index in [2.05, 4.69) is 5.32 Å². The fraction of sp³-hybridized carbons (Fsp3) is 0.857. The Morgan fingerprint density at radius 3 is 2.50 bits per heavy atom. The molecule has 1 saturated carbocycles. The molecule has 2 amide bonds. The van der Waals surface area contributed by atoms with E-state index < -0.39 is 6.10 Å². The molecule has 0 radical (unpaired) electrons. The first-order valence-corrected chi connectivity index (χ1v) is 7.28. The van der Waals surface area contributed by atoms with Crippen LogP contribution in [0.25, 0.3) is 0 Å². The molecule has 0 bridgehead atoms. The highest BCUT2D eigenvalue weighted by atomic mass is 16.5. The zero-order valence-corrected chi connectivity index (χ0v) is 12.2. The Kier molecular flexibility index (Phi) is 4.99. The van der Waals surface area contributed by atoms with Crippen LogP contribution >= 0.6 is 0 Å². The summed E-state index contributed by atoms with van der Waals surface area (Å²) >= 11 is 0. The van der Waals surface area contributed by atoms with Gasteiger partial charge in [0, 0.05) is 20.0 Å². The predicted octanol–water partition coefficient (Wildman–Crippen LogP) is -0.101. The number of nitrogens with zero attached hydrogens (tertiary/aromatic N) is 1. The maximum Gasteiger partial charge on any atom is 0.224 e. The van der Waals surface area contributed by atoms with Crippen molar-refractivity contribution in [2.24, 2.45) is 5.92 Å². The number of carbonyl (C=O) groups excluding carboxylic acids is 2. The van der Waals surface area contributed by atoms with Crippen LogP contribution in [-0.4, -0.2) is 60.8 Å². The summed E-state index contributed by atoms with van der Waals surface area (Å²) in [4.78, 5) is 25.0. The van der Waals surface area contributed by atoms with Crippen molar-refractivity contribution in [1.82, 2.24) is 10.2 Å². The molecule has 0 aromatic rings. The summed E-state index contributed by atoms with van der Waals surface area (Å²) in [6, 6.07) is -0.140. The normalized spacial score (nSPS) is 29.9. The predicted molar refractivity (Wildman–Crippen MR) is 72.9 cm³/mol. The number of aliphatic hydroxyl groups is 1. The van der Waals surface area contributed by atoms with Crippen molar-refractivity contribution in [2.75, 3.05) is 20.7 Å². The maximum absolute atomic E-state index is 11.8. The molecule has 3 atom stereocenters. The molecule has 2 rings (SSSR count). The molecule has 1 heterocycles. The molecule has 2 N–H and O–H groups in total. The average Bonchev–Trinajstić information content (AvgIpc) is 3.24. The van der Waals surface area contributed by atoms with Crippen molar-refractivity contribution in [3.63, 3.8) is 0 Å². The topological polar surface area (TPSA) is 78.9 Å². The lowest BCUT2D eigenvalue weighted by Gasteiger charge is -2.36. The van der Waals surface area contributed by atoms with Gasteiger partial charge >= 0.3 is 0 Å². The van der Waals surface area contributed by atoms with Crippen molar-refractivity contribution >= 4 is 11.8 Å². The molecule has 6 nitrogen and oxygen atoms in total. The van der Waals surface area contributed by atoms with Gasteiger partial charge in [-0.2, -0.15) is 0 Å². The molecule has 2 aliphatic rings. The van der Waals surface area contributed by atoms with E-state index in [0.29, 0.717) is 6.42 Å². The third-order valence-electron chi connectivity index (χ3n) is 3.97. The molecular formula is C14H24N2O4. The molecule has 0 unspecified atom stereocenters. The van der Waals surface area contributed by atoms with E-state index in [1.54, 1.807) is 14.1 Å². The highest BCUT2D eigenvalue weighted by Crippen LogP contribution is 2.30. The first kappa shape index (κ1) is 15.3. The van der Waals surface area contributed by atoms with Crippen LogP contribution in [0.1, 0.15) is 32.1 Å². The summed E-state index contributed by atoms with van der Waals surface area (Å²) in [5.74, 6) is 0.245. The number of ether oxygens (including phenoxy) is 1. The molecule has 6 heteroatoms. The molecule has 2 fully saturated rings. The second-order valence-corrected chi connectivity index (χ2v) is 5.94. The molecular weight excluding hydrogens is 260 g/mol. The van der Waals surface area contributed by atoms with Gasteiger partial charge in [0.1, 0.15) is 6.10 Å². The zero-order chi connectivity index (χ0) is 14.7. The van der Waals surface area contributed by atoms with Crippen LogP contribution in [-0.2, 0) is 14.3 Å². The Bertz CT molecular complexity index is 368. The van der Waals surface area contributed by atoms with Crippen LogP contribution < -0.4 is 5.32 Å². The largest absolute Gasteiger partial charge is 0.394 e. The average molecular weight is 284 g/mol. The fourth-order valence-corrected chi connectivity index (χ4v) is 2.47. The number of rotatable bonds is 5. The second kappa shape index (κ2) is 6.54. The lowest BCUT2D eigenvalue weighted by atomic mass is 9.96. The van der Waals surface area contributed by atoms with E-state index in [9.17, 15) is 14.7 Å². The third-order valence-corrected chi connectivity index (χ3v) is 3.97. The van der Waals surface area contributed by atoms with E-state index in [4.69, 9.17) is 4.74 Å². The Morgan fingerprint density at radius 2 is 1.95 bits per heavy atom. The minimum atomic E-state index is -0.411. The lowest BCUT2D eigenvalue weighted by Crippen LogP contribution is -2.51. The molecule has 1 aliphatic carbocycles. The summed E-state index contributed by atoms with van der Waals surface area (Å²) in [6.07, 6.45) is 3.14. The van der Waals surface area contributed by atoms with Crippen molar-refractivity contribution in [3.8, 4) is 0 Å². The van der Waals surface area contributed by atoms with Crippen molar-refractivity contribution in [3.05, 3.63) is 0 Å². The molecule has 1 aliphatic heterocycles. The minimum absolute atomic E-state index is 0.0205. The van der Waals surface area contributed by atoms with Crippen molar-refractivity contribution in [1.29, 1.82) is 0 Å². The summed E-state index contributed by atoms with van der Waals surface area (Å²) < 4.78 is 5.76. The van der Waals surface area contributed by atoms with Gasteiger partial charge in [-0.1, -0.05) is 0 Å². The molecule has 0 aromatic carbocycles. The van der Waals surface area contributed by atoms with Crippen LogP contribution in [0.2, 0.25) is 0 Å². The van der Waals surface area contributed by atoms with E-state index >= 15 is 0 Å². The third kappa shape index (κ3) is 3.93. The Labute approximate surface area is 119 Å². The zero-order valence-electron chi connectivity index (χ0n) is 12.2. The van der Waals surface area contributed by atoms with Gasteiger partial charge in [-0.3, -0.25) is 9.59 Å². The highest BCUT2D eigenvalue weighted by molar-refractivity contribution is 5.81. The van der Waals surface area contributed by atoms with Gasteiger partial charge in [0.05, 0.1) is 25.2 Å². The van der Waals surface area contributed by atoms with Gasteiger partial charge < -0.3 is 20.1 Å². The molecule has 0 spiro atoms. The first-order chi connectivity index (χ1) is 9.51. The minimum Gasteiger partial charge on any atom is -0.394 e. The number of carbonyl (C=O) groups is 2. The standard InChI is InChI=1S/C14H24N2O4/c1-16(2)13(18)7-10-5-6-11(12(8-17)20-10)15-14(19)9-3-4-9/h9-12,17H,3-8H2,1-2H3,(H,15,19)/t10-,11+,12-/m1/s1. The van der Waals surface area contributed by atoms with Gasteiger partial charge in [0.2, 0.25) is 11.8 Å². The van der Waals surface area contributed by atoms with Crippen LogP contribution in [0.3, 0.4) is 0 Å². The number of aliphatic hydroxyl groups excluding tert-OH is 1. The molecule has 20 heavy (non-hydrogen) atoms. The SMILES string of the molecule is CN(C)C(=O)C[C@H]1CC[C@H](NC(=O)C2CC2)[C@@H](CO)O1. The second-order valence-electron chi connectivity index (χ2n) is 5.94. The number of hydrogen-bond donors (Lipinski definition) is 2. The fourth-order valence-electron chi connectivity index (χ4n) is 2.47. The van der Waals surface area contributed by atoms with E-state index in [0.717, 1.165) is 25.7 Å².